The fourth-order valence-corrected chi connectivity index (χ4v) is 2.72. The molecule has 7 heteroatoms. The van der Waals surface area contributed by atoms with Gasteiger partial charge in [-0.3, -0.25) is 9.78 Å². The van der Waals surface area contributed by atoms with E-state index in [9.17, 15) is 9.90 Å². The number of likely N-dealkylation sites (N-methyl/N-ethyl adjacent to an activating group) is 1. The largest absolute Gasteiger partial charge is 0.386 e. The van der Waals surface area contributed by atoms with Gasteiger partial charge < -0.3 is 19.6 Å². The van der Waals surface area contributed by atoms with Crippen LogP contribution in [0.4, 0.5) is 5.82 Å². The van der Waals surface area contributed by atoms with Crippen LogP contribution in [0.3, 0.4) is 0 Å². The Morgan fingerprint density at radius 2 is 2.36 bits per heavy atom. The number of hydrogen-bond donors (Lipinski definition) is 1. The highest BCUT2D eigenvalue weighted by atomic mass is 16.5. The fourth-order valence-electron chi connectivity index (χ4n) is 2.72. The van der Waals surface area contributed by atoms with Crippen LogP contribution < -0.4 is 4.90 Å². The number of β-amino-alcohol motifs (C(OH)–C–C–N with tert-alkyl or cyclic N) is 1. The van der Waals surface area contributed by atoms with Gasteiger partial charge in [0.15, 0.2) is 0 Å². The van der Waals surface area contributed by atoms with Gasteiger partial charge in [0.2, 0.25) is 5.91 Å². The van der Waals surface area contributed by atoms with Crippen LogP contribution in [-0.4, -0.2) is 71.4 Å². The minimum atomic E-state index is -0.938. The molecule has 0 saturated carbocycles. The molecule has 0 radical (unpaired) electrons. The molecule has 0 aliphatic carbocycles. The second kappa shape index (κ2) is 7.51. The number of anilines is 1. The molecule has 2 rings (SSSR count). The number of aliphatic hydroxyl groups is 1. The van der Waals surface area contributed by atoms with Gasteiger partial charge in [0, 0.05) is 39.1 Å². The summed E-state index contributed by atoms with van der Waals surface area (Å²) in [5.41, 5.74) is -0.938. The molecule has 1 amide bonds. The Morgan fingerprint density at radius 3 is 3.05 bits per heavy atom. The van der Waals surface area contributed by atoms with Crippen molar-refractivity contribution in [2.75, 3.05) is 44.8 Å². The minimum absolute atomic E-state index is 0.0525. The van der Waals surface area contributed by atoms with Crippen LogP contribution in [0.2, 0.25) is 0 Å². The standard InChI is InChI=1S/C15H24N4O3/c1-3-22-10-14(20)18(2)11-15(21)5-4-8-19(12-15)13-9-16-6-7-17-13/h6-7,9,21H,3-5,8,10-12H2,1-2H3/t15-/m0/s1. The molecule has 0 unspecified atom stereocenters. The predicted molar refractivity (Wildman–Crippen MR) is 82.6 cm³/mol. The lowest BCUT2D eigenvalue weighted by atomic mass is 9.92. The van der Waals surface area contributed by atoms with Crippen molar-refractivity contribution in [3.8, 4) is 0 Å². The molecular formula is C15H24N4O3. The van der Waals surface area contributed by atoms with Crippen molar-refractivity contribution in [1.82, 2.24) is 14.9 Å². The summed E-state index contributed by atoms with van der Waals surface area (Å²) in [5.74, 6) is 0.635. The molecule has 1 aliphatic rings. The Hall–Kier alpha value is -1.73. The van der Waals surface area contributed by atoms with Gasteiger partial charge in [0.25, 0.3) is 0 Å². The summed E-state index contributed by atoms with van der Waals surface area (Å²) >= 11 is 0. The van der Waals surface area contributed by atoms with Crippen LogP contribution >= 0.6 is 0 Å². The Balaban J connectivity index is 1.96. The number of hydrogen-bond acceptors (Lipinski definition) is 6. The highest BCUT2D eigenvalue weighted by molar-refractivity contribution is 5.77. The maximum Gasteiger partial charge on any atom is 0.248 e. The van der Waals surface area contributed by atoms with Gasteiger partial charge >= 0.3 is 0 Å². The summed E-state index contributed by atoms with van der Waals surface area (Å²) in [7, 11) is 1.70. The van der Waals surface area contributed by atoms with E-state index in [-0.39, 0.29) is 19.1 Å². The monoisotopic (exact) mass is 308 g/mol. The number of nitrogens with zero attached hydrogens (tertiary/aromatic N) is 4. The summed E-state index contributed by atoms with van der Waals surface area (Å²) in [4.78, 5) is 23.8. The number of ether oxygens (including phenoxy) is 1. The van der Waals surface area contributed by atoms with E-state index in [1.165, 1.54) is 4.90 Å². The van der Waals surface area contributed by atoms with Crippen molar-refractivity contribution in [3.63, 3.8) is 0 Å². The fraction of sp³-hybridized carbons (Fsp3) is 0.667. The average molecular weight is 308 g/mol. The maximum atomic E-state index is 11.9. The van der Waals surface area contributed by atoms with E-state index in [2.05, 4.69) is 9.97 Å². The molecule has 1 fully saturated rings. The molecule has 0 bridgehead atoms. The Bertz CT molecular complexity index is 485. The van der Waals surface area contributed by atoms with Crippen LogP contribution in [0.25, 0.3) is 0 Å². The average Bonchev–Trinajstić information content (AvgIpc) is 2.53. The van der Waals surface area contributed by atoms with Crippen molar-refractivity contribution in [3.05, 3.63) is 18.6 Å². The smallest absolute Gasteiger partial charge is 0.248 e. The molecule has 1 N–H and O–H groups in total. The van der Waals surface area contributed by atoms with Crippen molar-refractivity contribution in [1.29, 1.82) is 0 Å². The molecular weight excluding hydrogens is 284 g/mol. The molecule has 7 nitrogen and oxygen atoms in total. The number of rotatable bonds is 6. The van der Waals surface area contributed by atoms with Crippen LogP contribution in [0, 0.1) is 0 Å². The molecule has 1 aliphatic heterocycles. The van der Waals surface area contributed by atoms with Crippen molar-refractivity contribution in [2.24, 2.45) is 0 Å². The first-order valence-corrected chi connectivity index (χ1v) is 7.59. The van der Waals surface area contributed by atoms with E-state index in [0.29, 0.717) is 19.6 Å². The minimum Gasteiger partial charge on any atom is -0.386 e. The van der Waals surface area contributed by atoms with Crippen molar-refractivity contribution >= 4 is 11.7 Å². The van der Waals surface area contributed by atoms with E-state index in [1.807, 2.05) is 11.8 Å². The molecule has 1 atom stereocenters. The third kappa shape index (κ3) is 4.38. The van der Waals surface area contributed by atoms with E-state index in [0.717, 1.165) is 18.8 Å². The zero-order chi connectivity index (χ0) is 16.0. The second-order valence-corrected chi connectivity index (χ2v) is 5.70. The van der Waals surface area contributed by atoms with Crippen LogP contribution in [0.15, 0.2) is 18.6 Å². The Morgan fingerprint density at radius 1 is 1.55 bits per heavy atom. The van der Waals surface area contributed by atoms with Gasteiger partial charge in [-0.1, -0.05) is 0 Å². The number of piperidine rings is 1. The molecule has 1 saturated heterocycles. The van der Waals surface area contributed by atoms with E-state index in [4.69, 9.17) is 4.74 Å². The van der Waals surface area contributed by atoms with E-state index in [1.54, 1.807) is 25.6 Å². The molecule has 1 aromatic rings. The zero-order valence-corrected chi connectivity index (χ0v) is 13.2. The Kier molecular flexibility index (Phi) is 5.68. The molecule has 122 valence electrons. The number of aromatic nitrogens is 2. The van der Waals surface area contributed by atoms with Crippen molar-refractivity contribution in [2.45, 2.75) is 25.4 Å². The quantitative estimate of drug-likeness (QED) is 0.814. The first kappa shape index (κ1) is 16.6. The highest BCUT2D eigenvalue weighted by Crippen LogP contribution is 2.25. The van der Waals surface area contributed by atoms with Gasteiger partial charge in [-0.25, -0.2) is 4.98 Å². The van der Waals surface area contributed by atoms with E-state index < -0.39 is 5.60 Å². The SMILES string of the molecule is CCOCC(=O)N(C)C[C@@]1(O)CCCN(c2cnccn2)C1. The molecule has 0 spiro atoms. The van der Waals surface area contributed by atoms with Crippen molar-refractivity contribution < 1.29 is 14.6 Å². The number of carbonyl (C=O) groups excluding carboxylic acids is 1. The molecule has 1 aromatic heterocycles. The van der Waals surface area contributed by atoms with Gasteiger partial charge in [-0.2, -0.15) is 0 Å². The third-order valence-corrected chi connectivity index (χ3v) is 3.82. The lowest BCUT2D eigenvalue weighted by Gasteiger charge is -2.41. The van der Waals surface area contributed by atoms with Crippen LogP contribution in [0.5, 0.6) is 0 Å². The molecule has 0 aromatic carbocycles. The lowest BCUT2D eigenvalue weighted by molar-refractivity contribution is -0.138. The summed E-state index contributed by atoms with van der Waals surface area (Å²) < 4.78 is 5.13. The first-order chi connectivity index (χ1) is 10.5. The van der Waals surface area contributed by atoms with Crippen LogP contribution in [0.1, 0.15) is 19.8 Å². The van der Waals surface area contributed by atoms with Crippen LogP contribution in [-0.2, 0) is 9.53 Å². The van der Waals surface area contributed by atoms with E-state index >= 15 is 0 Å². The number of carbonyl (C=O) groups is 1. The van der Waals surface area contributed by atoms with Gasteiger partial charge in [0.05, 0.1) is 18.3 Å². The summed E-state index contributed by atoms with van der Waals surface area (Å²) in [5, 5.41) is 10.8. The van der Waals surface area contributed by atoms with Gasteiger partial charge in [0.1, 0.15) is 12.4 Å². The second-order valence-electron chi connectivity index (χ2n) is 5.70. The molecule has 22 heavy (non-hydrogen) atoms. The lowest BCUT2D eigenvalue weighted by Crippen LogP contribution is -2.55. The maximum absolute atomic E-state index is 11.9. The van der Waals surface area contributed by atoms with Gasteiger partial charge in [-0.05, 0) is 19.8 Å². The molecule has 2 heterocycles. The van der Waals surface area contributed by atoms with Gasteiger partial charge in [-0.15, -0.1) is 0 Å². The topological polar surface area (TPSA) is 78.8 Å². The zero-order valence-electron chi connectivity index (χ0n) is 13.2. The Labute approximate surface area is 130 Å². The summed E-state index contributed by atoms with van der Waals surface area (Å²) in [6.07, 6.45) is 6.47. The first-order valence-electron chi connectivity index (χ1n) is 7.59. The normalized spacial score (nSPS) is 21.7. The third-order valence-electron chi connectivity index (χ3n) is 3.82. The number of amides is 1. The summed E-state index contributed by atoms with van der Waals surface area (Å²) in [6, 6.07) is 0. The summed E-state index contributed by atoms with van der Waals surface area (Å²) in [6.45, 7) is 3.97. The predicted octanol–water partition coefficient (Wildman–Crippen LogP) is 0.303. The highest BCUT2D eigenvalue weighted by Gasteiger charge is 2.35.